The lowest BCUT2D eigenvalue weighted by Gasteiger charge is -2.14. The lowest BCUT2D eigenvalue weighted by molar-refractivity contribution is -0.123. The van der Waals surface area contributed by atoms with Crippen LogP contribution in [0.3, 0.4) is 0 Å². The van der Waals surface area contributed by atoms with Crippen LogP contribution in [0.25, 0.3) is 0 Å². The number of carbonyl (C=O) groups is 2. The first-order chi connectivity index (χ1) is 13.0. The Hall–Kier alpha value is -2.82. The van der Waals surface area contributed by atoms with Crippen molar-refractivity contribution in [3.8, 4) is 11.5 Å². The lowest BCUT2D eigenvalue weighted by Crippen LogP contribution is -2.36. The van der Waals surface area contributed by atoms with Crippen molar-refractivity contribution in [2.75, 3.05) is 13.7 Å². The van der Waals surface area contributed by atoms with Crippen molar-refractivity contribution in [2.45, 2.75) is 39.2 Å². The van der Waals surface area contributed by atoms with Crippen LogP contribution in [0, 0.1) is 0 Å². The van der Waals surface area contributed by atoms with Crippen LogP contribution in [0.4, 0.5) is 0 Å². The molecule has 0 aromatic heterocycles. The SMILES string of the molecule is CCC(=O)c1ccc(OCC(=O)NC(C)CCc2ccc(OC)cc2)cc1. The number of ether oxygens (including phenoxy) is 2. The topological polar surface area (TPSA) is 64.6 Å². The van der Waals surface area contributed by atoms with Gasteiger partial charge >= 0.3 is 0 Å². The molecule has 1 unspecified atom stereocenters. The molecule has 0 aliphatic rings. The second-order valence-electron chi connectivity index (χ2n) is 6.45. The molecule has 0 saturated heterocycles. The fourth-order valence-corrected chi connectivity index (χ4v) is 2.65. The van der Waals surface area contributed by atoms with Crippen LogP contribution in [-0.4, -0.2) is 31.4 Å². The predicted molar refractivity (Wildman–Crippen MR) is 105 cm³/mol. The largest absolute Gasteiger partial charge is 0.497 e. The zero-order valence-electron chi connectivity index (χ0n) is 16.2. The van der Waals surface area contributed by atoms with Gasteiger partial charge in [-0.05, 0) is 61.7 Å². The summed E-state index contributed by atoms with van der Waals surface area (Å²) in [5, 5.41) is 2.94. The summed E-state index contributed by atoms with van der Waals surface area (Å²) >= 11 is 0. The third-order valence-electron chi connectivity index (χ3n) is 4.30. The van der Waals surface area contributed by atoms with E-state index in [-0.39, 0.29) is 24.3 Å². The smallest absolute Gasteiger partial charge is 0.258 e. The number of rotatable bonds is 10. The van der Waals surface area contributed by atoms with E-state index in [0.717, 1.165) is 18.6 Å². The molecule has 1 atom stereocenters. The molecule has 1 N–H and O–H groups in total. The van der Waals surface area contributed by atoms with Gasteiger partial charge in [0.25, 0.3) is 5.91 Å². The van der Waals surface area contributed by atoms with E-state index in [1.165, 1.54) is 5.56 Å². The summed E-state index contributed by atoms with van der Waals surface area (Å²) in [7, 11) is 1.65. The normalized spacial score (nSPS) is 11.5. The number of nitrogens with one attached hydrogen (secondary N) is 1. The average Bonchev–Trinajstić information content (AvgIpc) is 2.71. The molecular weight excluding hydrogens is 342 g/mol. The lowest BCUT2D eigenvalue weighted by atomic mass is 10.1. The minimum atomic E-state index is -0.161. The predicted octanol–water partition coefficient (Wildman–Crippen LogP) is 3.80. The molecule has 0 spiro atoms. The maximum atomic E-state index is 12.0. The Kier molecular flexibility index (Phi) is 7.86. The van der Waals surface area contributed by atoms with Gasteiger partial charge in [0.1, 0.15) is 11.5 Å². The first-order valence-corrected chi connectivity index (χ1v) is 9.20. The number of carbonyl (C=O) groups excluding carboxylic acids is 2. The Morgan fingerprint density at radius 2 is 1.63 bits per heavy atom. The van der Waals surface area contributed by atoms with Gasteiger partial charge in [-0.2, -0.15) is 0 Å². The van der Waals surface area contributed by atoms with Gasteiger partial charge in [-0.1, -0.05) is 19.1 Å². The van der Waals surface area contributed by atoms with E-state index in [1.807, 2.05) is 38.1 Å². The van der Waals surface area contributed by atoms with E-state index in [9.17, 15) is 9.59 Å². The van der Waals surface area contributed by atoms with E-state index < -0.39 is 0 Å². The molecule has 0 heterocycles. The zero-order chi connectivity index (χ0) is 19.6. The molecule has 0 bridgehead atoms. The number of Topliss-reactive ketones (excluding diaryl/α,β-unsaturated/α-hetero) is 1. The van der Waals surface area contributed by atoms with Gasteiger partial charge in [-0.3, -0.25) is 9.59 Å². The van der Waals surface area contributed by atoms with Crippen LogP contribution in [0.15, 0.2) is 48.5 Å². The van der Waals surface area contributed by atoms with Crippen LogP contribution in [0.5, 0.6) is 11.5 Å². The first kappa shape index (κ1) is 20.5. The maximum absolute atomic E-state index is 12.0. The molecule has 5 heteroatoms. The molecule has 1 amide bonds. The van der Waals surface area contributed by atoms with Crippen LogP contribution < -0.4 is 14.8 Å². The van der Waals surface area contributed by atoms with Crippen molar-refractivity contribution in [1.82, 2.24) is 5.32 Å². The molecule has 0 radical (unpaired) electrons. The van der Waals surface area contributed by atoms with E-state index in [0.29, 0.717) is 17.7 Å². The van der Waals surface area contributed by atoms with Crippen molar-refractivity contribution >= 4 is 11.7 Å². The Bertz CT molecular complexity index is 738. The van der Waals surface area contributed by atoms with Crippen molar-refractivity contribution in [3.05, 3.63) is 59.7 Å². The summed E-state index contributed by atoms with van der Waals surface area (Å²) < 4.78 is 10.6. The summed E-state index contributed by atoms with van der Waals surface area (Å²) in [6, 6.07) is 14.8. The zero-order valence-corrected chi connectivity index (χ0v) is 16.2. The fraction of sp³-hybridized carbons (Fsp3) is 0.364. The first-order valence-electron chi connectivity index (χ1n) is 9.20. The summed E-state index contributed by atoms with van der Waals surface area (Å²) in [4.78, 5) is 23.6. The molecule has 0 aliphatic carbocycles. The maximum Gasteiger partial charge on any atom is 0.258 e. The molecule has 0 saturated carbocycles. The van der Waals surface area contributed by atoms with Gasteiger partial charge in [0.15, 0.2) is 12.4 Å². The van der Waals surface area contributed by atoms with E-state index in [2.05, 4.69) is 5.32 Å². The highest BCUT2D eigenvalue weighted by Gasteiger charge is 2.09. The van der Waals surface area contributed by atoms with Gasteiger partial charge in [0.05, 0.1) is 7.11 Å². The number of amides is 1. The number of methoxy groups -OCH3 is 1. The van der Waals surface area contributed by atoms with E-state index in [1.54, 1.807) is 31.4 Å². The quantitative estimate of drug-likeness (QED) is 0.647. The highest BCUT2D eigenvalue weighted by molar-refractivity contribution is 5.95. The molecule has 0 aliphatic heterocycles. The Labute approximate surface area is 160 Å². The van der Waals surface area contributed by atoms with Crippen molar-refractivity contribution in [2.24, 2.45) is 0 Å². The highest BCUT2D eigenvalue weighted by Crippen LogP contribution is 2.14. The van der Waals surface area contributed by atoms with Crippen molar-refractivity contribution in [3.63, 3.8) is 0 Å². The molecular formula is C22H27NO4. The van der Waals surface area contributed by atoms with Crippen LogP contribution >= 0.6 is 0 Å². The number of benzene rings is 2. The molecule has 2 aromatic rings. The Balaban J connectivity index is 1.71. The van der Waals surface area contributed by atoms with Crippen LogP contribution in [0.2, 0.25) is 0 Å². The average molecular weight is 369 g/mol. The number of ketones is 1. The standard InChI is InChI=1S/C22H27NO4/c1-4-21(24)18-9-13-20(14-10-18)27-15-22(25)23-16(2)5-6-17-7-11-19(26-3)12-8-17/h7-14,16H,4-6,15H2,1-3H3,(H,23,25). The van der Waals surface area contributed by atoms with Gasteiger partial charge in [0.2, 0.25) is 0 Å². The highest BCUT2D eigenvalue weighted by atomic mass is 16.5. The van der Waals surface area contributed by atoms with Gasteiger partial charge < -0.3 is 14.8 Å². The van der Waals surface area contributed by atoms with Gasteiger partial charge in [-0.15, -0.1) is 0 Å². The Morgan fingerprint density at radius 3 is 2.22 bits per heavy atom. The minimum Gasteiger partial charge on any atom is -0.497 e. The summed E-state index contributed by atoms with van der Waals surface area (Å²) in [5.41, 5.74) is 1.86. The van der Waals surface area contributed by atoms with E-state index in [4.69, 9.17) is 9.47 Å². The second-order valence-corrected chi connectivity index (χ2v) is 6.45. The third kappa shape index (κ3) is 6.77. The third-order valence-corrected chi connectivity index (χ3v) is 4.30. The molecule has 144 valence electrons. The van der Waals surface area contributed by atoms with Crippen LogP contribution in [-0.2, 0) is 11.2 Å². The molecule has 2 aromatic carbocycles. The monoisotopic (exact) mass is 369 g/mol. The Morgan fingerprint density at radius 1 is 1.00 bits per heavy atom. The van der Waals surface area contributed by atoms with Gasteiger partial charge in [0, 0.05) is 18.0 Å². The second kappa shape index (κ2) is 10.4. The minimum absolute atomic E-state index is 0.0477. The number of hydrogen-bond acceptors (Lipinski definition) is 4. The molecule has 5 nitrogen and oxygen atoms in total. The number of hydrogen-bond donors (Lipinski definition) is 1. The molecule has 0 fully saturated rings. The van der Waals surface area contributed by atoms with E-state index >= 15 is 0 Å². The van der Waals surface area contributed by atoms with Crippen molar-refractivity contribution < 1.29 is 19.1 Å². The van der Waals surface area contributed by atoms with Crippen molar-refractivity contribution in [1.29, 1.82) is 0 Å². The molecule has 27 heavy (non-hydrogen) atoms. The van der Waals surface area contributed by atoms with Gasteiger partial charge in [-0.25, -0.2) is 0 Å². The summed E-state index contributed by atoms with van der Waals surface area (Å²) in [5.74, 6) is 1.34. The summed E-state index contributed by atoms with van der Waals surface area (Å²) in [6.07, 6.45) is 2.18. The van der Waals surface area contributed by atoms with Crippen LogP contribution in [0.1, 0.15) is 42.6 Å². The fourth-order valence-electron chi connectivity index (χ4n) is 2.65. The number of aryl methyl sites for hydroxylation is 1. The summed E-state index contributed by atoms with van der Waals surface area (Å²) in [6.45, 7) is 3.76. The molecule has 2 rings (SSSR count).